The molecule has 2 saturated carbocycles. The largest absolute Gasteiger partial charge is 0.396 e. The van der Waals surface area contributed by atoms with Crippen LogP contribution in [0.5, 0.6) is 0 Å². The zero-order valence-corrected chi connectivity index (χ0v) is 14.8. The molecule has 0 spiro atoms. The molecule has 0 amide bonds. The van der Waals surface area contributed by atoms with Crippen LogP contribution in [0.25, 0.3) is 0 Å². The first-order valence-corrected chi connectivity index (χ1v) is 9.23. The Morgan fingerprint density at radius 1 is 1.22 bits per heavy atom. The van der Waals surface area contributed by atoms with Crippen LogP contribution in [0, 0.1) is 28.1 Å². The van der Waals surface area contributed by atoms with Crippen LogP contribution in [0.3, 0.4) is 0 Å². The Morgan fingerprint density at radius 2 is 1.96 bits per heavy atom. The van der Waals surface area contributed by atoms with Crippen molar-refractivity contribution in [2.45, 2.75) is 71.8 Å². The van der Waals surface area contributed by atoms with Crippen molar-refractivity contribution >= 4 is 6.29 Å². The maximum atomic E-state index is 11.3. The predicted molar refractivity (Wildman–Crippen MR) is 90.9 cm³/mol. The Labute approximate surface area is 140 Å². The number of rotatable bonds is 2. The average Bonchev–Trinajstić information content (AvgIpc) is 2.64. The number of carbonyl (C=O) groups is 1. The second-order valence-electron chi connectivity index (χ2n) is 9.24. The molecule has 23 heavy (non-hydrogen) atoms. The quantitative estimate of drug-likeness (QED) is 0.766. The third kappa shape index (κ3) is 2.42. The Bertz CT molecular complexity index is 509. The van der Waals surface area contributed by atoms with E-state index < -0.39 is 11.5 Å². The van der Waals surface area contributed by atoms with Crippen molar-refractivity contribution in [3.63, 3.8) is 0 Å². The maximum Gasteiger partial charge on any atom is 0.145 e. The van der Waals surface area contributed by atoms with Gasteiger partial charge in [-0.1, -0.05) is 33.3 Å². The summed E-state index contributed by atoms with van der Waals surface area (Å²) in [5.74, 6) is 0.887. The van der Waals surface area contributed by atoms with Crippen molar-refractivity contribution in [1.82, 2.24) is 0 Å². The fourth-order valence-corrected chi connectivity index (χ4v) is 6.62. The third-order valence-electron chi connectivity index (χ3n) is 7.82. The number of hydrogen-bond donors (Lipinski definition) is 2. The van der Waals surface area contributed by atoms with Crippen molar-refractivity contribution in [3.8, 4) is 0 Å². The zero-order chi connectivity index (χ0) is 16.9. The highest BCUT2D eigenvalue weighted by molar-refractivity contribution is 5.73. The Hall–Kier alpha value is -0.670. The lowest BCUT2D eigenvalue weighted by Gasteiger charge is -2.63. The Kier molecular flexibility index (Phi) is 4.25. The average molecular weight is 320 g/mol. The van der Waals surface area contributed by atoms with Gasteiger partial charge in [0.25, 0.3) is 0 Å². The molecule has 2 fully saturated rings. The SMILES string of the molecule is CC1(C)CCC[C@@]2(C)C1CC[C@@]1(CO)[C@@H](O)CC(C=O)=CC[C@@H]12. The van der Waals surface area contributed by atoms with Crippen LogP contribution in [-0.2, 0) is 4.79 Å². The van der Waals surface area contributed by atoms with Gasteiger partial charge in [-0.05, 0) is 60.3 Å². The van der Waals surface area contributed by atoms with E-state index in [0.29, 0.717) is 23.3 Å². The standard InChI is InChI=1S/C20H32O3/c1-18(2)8-4-9-19(3)15(18)7-10-20(13-22)16(19)6-5-14(12-21)11-17(20)23/h5,12,15-17,22-23H,4,6-11,13H2,1-3H3/t15?,16-,17+,19+,20+/m1/s1. The van der Waals surface area contributed by atoms with E-state index in [1.807, 2.05) is 6.08 Å². The fraction of sp³-hybridized carbons (Fsp3) is 0.850. The first-order valence-electron chi connectivity index (χ1n) is 9.23. The number of fused-ring (bicyclic) bond motifs is 3. The number of aliphatic hydroxyl groups is 2. The number of aldehydes is 1. The van der Waals surface area contributed by atoms with Crippen LogP contribution in [-0.4, -0.2) is 29.2 Å². The highest BCUT2D eigenvalue weighted by atomic mass is 16.3. The molecule has 3 nitrogen and oxygen atoms in total. The summed E-state index contributed by atoms with van der Waals surface area (Å²) in [5.41, 5.74) is 0.719. The monoisotopic (exact) mass is 320 g/mol. The second kappa shape index (κ2) is 5.70. The minimum Gasteiger partial charge on any atom is -0.396 e. The van der Waals surface area contributed by atoms with Gasteiger partial charge in [-0.25, -0.2) is 0 Å². The molecule has 0 radical (unpaired) electrons. The van der Waals surface area contributed by atoms with Crippen molar-refractivity contribution in [1.29, 1.82) is 0 Å². The number of allylic oxidation sites excluding steroid dienone is 1. The number of aliphatic hydroxyl groups excluding tert-OH is 2. The number of hydrogen-bond acceptors (Lipinski definition) is 3. The van der Waals surface area contributed by atoms with E-state index in [9.17, 15) is 15.0 Å². The number of carbonyl (C=O) groups excluding carboxylic acids is 1. The molecule has 130 valence electrons. The molecule has 0 aliphatic heterocycles. The first-order chi connectivity index (χ1) is 10.8. The molecule has 3 aliphatic rings. The van der Waals surface area contributed by atoms with Gasteiger partial charge in [0.05, 0.1) is 12.7 Å². The van der Waals surface area contributed by atoms with Crippen LogP contribution in [0.2, 0.25) is 0 Å². The summed E-state index contributed by atoms with van der Waals surface area (Å²) in [5, 5.41) is 21.2. The van der Waals surface area contributed by atoms with Gasteiger partial charge in [0.2, 0.25) is 0 Å². The summed E-state index contributed by atoms with van der Waals surface area (Å²) in [6.45, 7) is 7.20. The van der Waals surface area contributed by atoms with Gasteiger partial charge >= 0.3 is 0 Å². The molecule has 1 unspecified atom stereocenters. The van der Waals surface area contributed by atoms with Crippen molar-refractivity contribution in [2.24, 2.45) is 28.1 Å². The summed E-state index contributed by atoms with van der Waals surface area (Å²) < 4.78 is 0. The second-order valence-corrected chi connectivity index (χ2v) is 9.24. The van der Waals surface area contributed by atoms with E-state index in [4.69, 9.17) is 0 Å². The molecular weight excluding hydrogens is 288 g/mol. The van der Waals surface area contributed by atoms with E-state index in [1.54, 1.807) is 0 Å². The maximum absolute atomic E-state index is 11.3. The minimum atomic E-state index is -0.612. The van der Waals surface area contributed by atoms with Gasteiger partial charge < -0.3 is 10.2 Å². The van der Waals surface area contributed by atoms with Gasteiger partial charge in [-0.3, -0.25) is 4.79 Å². The minimum absolute atomic E-state index is 0.0293. The summed E-state index contributed by atoms with van der Waals surface area (Å²) in [6, 6.07) is 0. The van der Waals surface area contributed by atoms with Crippen LogP contribution in [0.4, 0.5) is 0 Å². The summed E-state index contributed by atoms with van der Waals surface area (Å²) >= 11 is 0. The molecule has 0 saturated heterocycles. The van der Waals surface area contributed by atoms with Crippen LogP contribution in [0.1, 0.15) is 65.7 Å². The molecule has 5 atom stereocenters. The molecule has 3 aliphatic carbocycles. The van der Waals surface area contributed by atoms with Gasteiger partial charge in [-0.2, -0.15) is 0 Å². The van der Waals surface area contributed by atoms with Gasteiger partial charge in [0.1, 0.15) is 6.29 Å². The van der Waals surface area contributed by atoms with E-state index >= 15 is 0 Å². The highest BCUT2D eigenvalue weighted by Crippen LogP contribution is 2.66. The normalized spacial score (nSPS) is 46.1. The van der Waals surface area contributed by atoms with Gasteiger partial charge in [0, 0.05) is 11.8 Å². The predicted octanol–water partition coefficient (Wildman–Crippen LogP) is 3.49. The summed E-state index contributed by atoms with van der Waals surface area (Å²) in [6.07, 6.45) is 9.13. The van der Waals surface area contributed by atoms with Crippen molar-refractivity contribution in [3.05, 3.63) is 11.6 Å². The van der Waals surface area contributed by atoms with E-state index in [1.165, 1.54) is 19.3 Å². The highest BCUT2D eigenvalue weighted by Gasteiger charge is 2.61. The Morgan fingerprint density at radius 3 is 2.61 bits per heavy atom. The summed E-state index contributed by atoms with van der Waals surface area (Å²) in [4.78, 5) is 11.3. The molecule has 0 heterocycles. The van der Waals surface area contributed by atoms with Gasteiger partial charge in [-0.15, -0.1) is 0 Å². The van der Waals surface area contributed by atoms with Crippen molar-refractivity contribution < 1.29 is 15.0 Å². The van der Waals surface area contributed by atoms with E-state index in [2.05, 4.69) is 20.8 Å². The fourth-order valence-electron chi connectivity index (χ4n) is 6.62. The Balaban J connectivity index is 2.06. The van der Waals surface area contributed by atoms with Gasteiger partial charge in [0.15, 0.2) is 0 Å². The molecule has 3 rings (SSSR count). The molecule has 0 aromatic heterocycles. The molecule has 3 heteroatoms. The lowest BCUT2D eigenvalue weighted by atomic mass is 9.42. The van der Waals surface area contributed by atoms with E-state index in [-0.39, 0.29) is 17.9 Å². The first kappa shape index (κ1) is 17.2. The molecular formula is C20H32O3. The third-order valence-corrected chi connectivity index (χ3v) is 7.82. The summed E-state index contributed by atoms with van der Waals surface area (Å²) in [7, 11) is 0. The smallest absolute Gasteiger partial charge is 0.145 e. The van der Waals surface area contributed by atoms with E-state index in [0.717, 1.165) is 25.5 Å². The van der Waals surface area contributed by atoms with Crippen LogP contribution >= 0.6 is 0 Å². The molecule has 2 N–H and O–H groups in total. The van der Waals surface area contributed by atoms with Crippen LogP contribution < -0.4 is 0 Å². The molecule has 0 bridgehead atoms. The molecule has 0 aromatic carbocycles. The lowest BCUT2D eigenvalue weighted by molar-refractivity contribution is -0.181. The van der Waals surface area contributed by atoms with Crippen molar-refractivity contribution in [2.75, 3.05) is 6.61 Å². The topological polar surface area (TPSA) is 57.5 Å². The molecule has 0 aromatic rings. The zero-order valence-electron chi connectivity index (χ0n) is 14.8. The lowest BCUT2D eigenvalue weighted by Crippen LogP contribution is -2.59. The van der Waals surface area contributed by atoms with Crippen LogP contribution in [0.15, 0.2) is 11.6 Å².